The molecule has 4 aromatic heterocycles. The predicted molar refractivity (Wildman–Crippen MR) is 278 cm³/mol. The quantitative estimate of drug-likeness (QED) is 0.163. The molecule has 0 radical (unpaired) electrons. The molecular weight excluding hydrogens is 837 g/mol. The Kier molecular flexibility index (Phi) is 8.85. The maximum atomic E-state index is 5.62. The molecule has 10 heteroatoms. The highest BCUT2D eigenvalue weighted by molar-refractivity contribution is 6.19. The highest BCUT2D eigenvalue weighted by Gasteiger charge is 2.41. The summed E-state index contributed by atoms with van der Waals surface area (Å²) in [7, 11) is 8.48. The summed E-state index contributed by atoms with van der Waals surface area (Å²) in [5.41, 5.74) is 19.4. The Morgan fingerprint density at radius 3 is 1.04 bits per heavy atom. The molecular formula is C58H44N10. The van der Waals surface area contributed by atoms with E-state index in [9.17, 15) is 0 Å². The zero-order valence-electron chi connectivity index (χ0n) is 37.9. The van der Waals surface area contributed by atoms with Gasteiger partial charge in [-0.25, -0.2) is 19.9 Å². The second kappa shape index (κ2) is 15.3. The van der Waals surface area contributed by atoms with Crippen LogP contribution < -0.4 is 19.6 Å². The average Bonchev–Trinajstić information content (AvgIpc) is 3.91. The molecule has 10 nitrogen and oxygen atoms in total. The number of nitrogens with zero attached hydrogens (tertiary/aromatic N) is 10. The minimum atomic E-state index is 0.748. The van der Waals surface area contributed by atoms with Crippen molar-refractivity contribution in [3.05, 3.63) is 194 Å². The van der Waals surface area contributed by atoms with Crippen LogP contribution in [-0.4, -0.2) is 43.2 Å². The van der Waals surface area contributed by atoms with Crippen molar-refractivity contribution in [2.24, 2.45) is 14.1 Å². The van der Waals surface area contributed by atoms with Crippen molar-refractivity contribution in [2.75, 3.05) is 33.7 Å². The molecule has 7 aromatic carbocycles. The van der Waals surface area contributed by atoms with Crippen molar-refractivity contribution in [3.63, 3.8) is 0 Å². The SMILES string of the molecule is CN1c2ccccc2N(c2c(-c3ccccc3)c(-c3nc4cccnc4n3C)c(-c3nc4cccnc4n3C)c(N3c4ccccc4N(C)c4ccccc43)c2-c2ccccc2)c2ccccc21. The van der Waals surface area contributed by atoms with Gasteiger partial charge < -0.3 is 28.7 Å². The van der Waals surface area contributed by atoms with Crippen LogP contribution in [0, 0.1) is 0 Å². The number of hydrogen-bond acceptors (Lipinski definition) is 8. The Morgan fingerprint density at radius 1 is 0.309 bits per heavy atom. The Morgan fingerprint density at radius 2 is 0.647 bits per heavy atom. The maximum Gasteiger partial charge on any atom is 0.160 e. The van der Waals surface area contributed by atoms with Crippen LogP contribution in [0.4, 0.5) is 56.9 Å². The van der Waals surface area contributed by atoms with Crippen molar-refractivity contribution in [2.45, 2.75) is 0 Å². The zero-order chi connectivity index (χ0) is 45.6. The van der Waals surface area contributed by atoms with Gasteiger partial charge in [-0.3, -0.25) is 0 Å². The number of benzene rings is 7. The van der Waals surface area contributed by atoms with Crippen molar-refractivity contribution in [3.8, 4) is 45.0 Å². The second-order valence-corrected chi connectivity index (χ2v) is 17.4. The van der Waals surface area contributed by atoms with Crippen LogP contribution in [0.15, 0.2) is 194 Å². The molecule has 0 aliphatic carbocycles. The average molecular weight is 881 g/mol. The molecule has 11 aromatic rings. The number of aromatic nitrogens is 6. The van der Waals surface area contributed by atoms with Crippen LogP contribution >= 0.6 is 0 Å². The number of pyridine rings is 2. The van der Waals surface area contributed by atoms with Gasteiger partial charge in [-0.1, -0.05) is 109 Å². The van der Waals surface area contributed by atoms with E-state index in [-0.39, 0.29) is 0 Å². The van der Waals surface area contributed by atoms with Gasteiger partial charge in [0, 0.05) is 57.3 Å². The number of para-hydroxylation sites is 8. The monoisotopic (exact) mass is 880 g/mol. The van der Waals surface area contributed by atoms with E-state index in [1.165, 1.54) is 0 Å². The van der Waals surface area contributed by atoms with Gasteiger partial charge in [0.2, 0.25) is 0 Å². The largest absolute Gasteiger partial charge is 0.341 e. The fourth-order valence-electron chi connectivity index (χ4n) is 10.6. The predicted octanol–water partition coefficient (Wildman–Crippen LogP) is 14.0. The lowest BCUT2D eigenvalue weighted by atomic mass is 9.83. The standard InChI is InChI=1S/C58H44N10/c1-63-41-27-11-15-31-45(41)67(46-32-16-12-28-42(46)63)53-49(37-21-7-5-8-22-37)51(57-61-39-25-19-35-59-55(39)65(57)3)52(58-62-40-26-20-36-60-56(40)66(58)4)54(50(53)38-23-9-6-10-24-38)68-47-33-17-13-29-43(47)64(2)44-30-14-18-34-48(44)68/h5-36H,1-4H3. The van der Waals surface area contributed by atoms with Gasteiger partial charge in [-0.05, 0) is 83.9 Å². The number of rotatable bonds is 6. The molecule has 0 fully saturated rings. The third-order valence-electron chi connectivity index (χ3n) is 13.7. The summed E-state index contributed by atoms with van der Waals surface area (Å²) in [6, 6.07) is 64.6. The molecule has 0 amide bonds. The first kappa shape index (κ1) is 39.4. The van der Waals surface area contributed by atoms with Crippen LogP contribution in [0.2, 0.25) is 0 Å². The summed E-state index contributed by atoms with van der Waals surface area (Å²) < 4.78 is 4.30. The van der Waals surface area contributed by atoms with Crippen molar-refractivity contribution < 1.29 is 0 Å². The van der Waals surface area contributed by atoms with Crippen LogP contribution in [0.3, 0.4) is 0 Å². The highest BCUT2D eigenvalue weighted by Crippen LogP contribution is 2.64. The van der Waals surface area contributed by atoms with Crippen LogP contribution in [-0.2, 0) is 14.1 Å². The maximum absolute atomic E-state index is 5.62. The fourth-order valence-corrected chi connectivity index (χ4v) is 10.6. The zero-order valence-corrected chi connectivity index (χ0v) is 37.9. The smallest absolute Gasteiger partial charge is 0.160 e. The Hall–Kier alpha value is -9.02. The van der Waals surface area contributed by atoms with E-state index >= 15 is 0 Å². The summed E-state index contributed by atoms with van der Waals surface area (Å²) in [5, 5.41) is 0. The van der Waals surface area contributed by atoms with E-state index < -0.39 is 0 Å². The summed E-state index contributed by atoms with van der Waals surface area (Å²) in [5.74, 6) is 1.50. The number of imidazole rings is 2. The Labute approximate surface area is 393 Å². The highest BCUT2D eigenvalue weighted by atomic mass is 15.3. The van der Waals surface area contributed by atoms with E-state index in [0.717, 1.165) is 124 Å². The van der Waals surface area contributed by atoms with Crippen molar-refractivity contribution >= 4 is 79.2 Å². The van der Waals surface area contributed by atoms with Crippen molar-refractivity contribution in [1.29, 1.82) is 0 Å². The third-order valence-corrected chi connectivity index (χ3v) is 13.7. The van der Waals surface area contributed by atoms with E-state index in [1.54, 1.807) is 0 Å². The first-order chi connectivity index (χ1) is 33.5. The van der Waals surface area contributed by atoms with E-state index in [2.05, 4.69) is 215 Å². The first-order valence-electron chi connectivity index (χ1n) is 22.8. The molecule has 0 bridgehead atoms. The summed E-state index contributed by atoms with van der Waals surface area (Å²) in [6.45, 7) is 0. The molecule has 0 N–H and O–H groups in total. The minimum absolute atomic E-state index is 0.748. The second-order valence-electron chi connectivity index (χ2n) is 17.4. The molecule has 13 rings (SSSR count). The van der Waals surface area contributed by atoms with Crippen molar-refractivity contribution in [1.82, 2.24) is 29.1 Å². The third kappa shape index (κ3) is 5.70. The topological polar surface area (TPSA) is 74.4 Å². The molecule has 2 aliphatic rings. The molecule has 0 spiro atoms. The molecule has 2 aliphatic heterocycles. The van der Waals surface area contributed by atoms with Gasteiger partial charge in [0.1, 0.15) is 22.7 Å². The minimum Gasteiger partial charge on any atom is -0.341 e. The number of aryl methyl sites for hydroxylation is 2. The van der Waals surface area contributed by atoms with Gasteiger partial charge in [0.05, 0.1) is 62.4 Å². The normalized spacial score (nSPS) is 12.9. The Balaban J connectivity index is 1.36. The molecule has 6 heterocycles. The van der Waals surface area contributed by atoms with Crippen LogP contribution in [0.1, 0.15) is 0 Å². The first-order valence-corrected chi connectivity index (χ1v) is 22.8. The molecule has 0 saturated carbocycles. The van der Waals surface area contributed by atoms with E-state index in [1.807, 2.05) is 36.7 Å². The molecule has 326 valence electrons. The van der Waals surface area contributed by atoms with Gasteiger partial charge in [0.25, 0.3) is 0 Å². The molecule has 0 atom stereocenters. The van der Waals surface area contributed by atoms with Gasteiger partial charge >= 0.3 is 0 Å². The van der Waals surface area contributed by atoms with Gasteiger partial charge in [-0.15, -0.1) is 0 Å². The summed E-state index contributed by atoms with van der Waals surface area (Å²) in [4.78, 5) is 30.7. The Bertz CT molecular complexity index is 3690. The molecule has 0 saturated heterocycles. The van der Waals surface area contributed by atoms with Gasteiger partial charge in [-0.2, -0.15) is 0 Å². The van der Waals surface area contributed by atoms with Crippen LogP contribution in [0.25, 0.3) is 67.4 Å². The molecule has 68 heavy (non-hydrogen) atoms. The number of hydrogen-bond donors (Lipinski definition) is 0. The lowest BCUT2D eigenvalue weighted by Gasteiger charge is -2.44. The van der Waals surface area contributed by atoms with E-state index in [4.69, 9.17) is 19.9 Å². The van der Waals surface area contributed by atoms with Crippen LogP contribution in [0.5, 0.6) is 0 Å². The summed E-state index contributed by atoms with van der Waals surface area (Å²) >= 11 is 0. The van der Waals surface area contributed by atoms with Gasteiger partial charge in [0.15, 0.2) is 11.3 Å². The lowest BCUT2D eigenvalue weighted by Crippen LogP contribution is -2.27. The number of anilines is 10. The molecule has 0 unspecified atom stereocenters. The fraction of sp³-hybridized carbons (Fsp3) is 0.0690. The summed E-state index contributed by atoms with van der Waals surface area (Å²) in [6.07, 6.45) is 3.69. The van der Waals surface area contributed by atoms with E-state index in [0.29, 0.717) is 0 Å². The lowest BCUT2D eigenvalue weighted by molar-refractivity contribution is 0.931. The number of fused-ring (bicyclic) bond motifs is 6.